The molecule has 1 aromatic carbocycles. The molecule has 1 nitrogen and oxygen atoms in total. The maximum atomic E-state index is 3.49. The molecule has 0 aliphatic heterocycles. The molecule has 3 heteroatoms. The zero-order valence-corrected chi connectivity index (χ0v) is 12.4. The molecule has 0 saturated carbocycles. The molecule has 0 saturated heterocycles. The summed E-state index contributed by atoms with van der Waals surface area (Å²) in [6.45, 7) is 2.24. The predicted octanol–water partition coefficient (Wildman–Crippen LogP) is 4.32. The van der Waals surface area contributed by atoms with E-state index in [2.05, 4.69) is 52.4 Å². The lowest BCUT2D eigenvalue weighted by molar-refractivity contribution is 0.539. The minimum atomic E-state index is 0.649. The van der Waals surface area contributed by atoms with Gasteiger partial charge < -0.3 is 5.32 Å². The first kappa shape index (κ1) is 14.1. The standard InChI is InChI=1S/C13H20BrNS/c1-11(15-2)6-3-4-9-16-13-8-5-7-12(14)10-13/h5,7-8,10-11,15H,3-4,6,9H2,1-2H3. The molecule has 1 atom stereocenters. The number of benzene rings is 1. The highest BCUT2D eigenvalue weighted by atomic mass is 79.9. The van der Waals surface area contributed by atoms with Gasteiger partial charge in [0.25, 0.3) is 0 Å². The smallest absolute Gasteiger partial charge is 0.0186 e. The third kappa shape index (κ3) is 5.92. The van der Waals surface area contributed by atoms with Gasteiger partial charge in [-0.15, -0.1) is 11.8 Å². The molecule has 0 spiro atoms. The molecule has 1 unspecified atom stereocenters. The van der Waals surface area contributed by atoms with Gasteiger partial charge in [-0.2, -0.15) is 0 Å². The Morgan fingerprint density at radius 2 is 2.19 bits per heavy atom. The molecule has 0 bridgehead atoms. The first-order valence-electron chi connectivity index (χ1n) is 5.78. The Hall–Kier alpha value is 0.01000. The Morgan fingerprint density at radius 3 is 2.88 bits per heavy atom. The van der Waals surface area contributed by atoms with Crippen LogP contribution in [-0.4, -0.2) is 18.8 Å². The van der Waals surface area contributed by atoms with Crippen LogP contribution in [0, 0.1) is 0 Å². The number of unbranched alkanes of at least 4 members (excludes halogenated alkanes) is 1. The van der Waals surface area contributed by atoms with Crippen molar-refractivity contribution in [3.05, 3.63) is 28.7 Å². The minimum absolute atomic E-state index is 0.649. The van der Waals surface area contributed by atoms with Crippen molar-refractivity contribution in [1.82, 2.24) is 5.32 Å². The van der Waals surface area contributed by atoms with Gasteiger partial charge in [-0.25, -0.2) is 0 Å². The number of thioether (sulfide) groups is 1. The molecule has 1 rings (SSSR count). The van der Waals surface area contributed by atoms with Gasteiger partial charge in [-0.1, -0.05) is 28.4 Å². The summed E-state index contributed by atoms with van der Waals surface area (Å²) in [6.07, 6.45) is 3.88. The van der Waals surface area contributed by atoms with Gasteiger partial charge in [-0.3, -0.25) is 0 Å². The quantitative estimate of drug-likeness (QED) is 0.594. The second kappa shape index (κ2) is 8.15. The summed E-state index contributed by atoms with van der Waals surface area (Å²) in [5.41, 5.74) is 0. The Bertz CT molecular complexity index is 304. The average Bonchev–Trinajstić information content (AvgIpc) is 2.28. The van der Waals surface area contributed by atoms with E-state index in [1.807, 2.05) is 18.8 Å². The Labute approximate surface area is 112 Å². The van der Waals surface area contributed by atoms with Crippen molar-refractivity contribution in [3.8, 4) is 0 Å². The van der Waals surface area contributed by atoms with Crippen LogP contribution in [0.1, 0.15) is 26.2 Å². The van der Waals surface area contributed by atoms with E-state index in [-0.39, 0.29) is 0 Å². The SMILES string of the molecule is CNC(C)CCCCSc1cccc(Br)c1. The van der Waals surface area contributed by atoms with E-state index in [9.17, 15) is 0 Å². The normalized spacial score (nSPS) is 12.7. The lowest BCUT2D eigenvalue weighted by Gasteiger charge is -2.09. The molecular weight excluding hydrogens is 282 g/mol. The molecule has 1 N–H and O–H groups in total. The summed E-state index contributed by atoms with van der Waals surface area (Å²) in [6, 6.07) is 9.16. The van der Waals surface area contributed by atoms with Crippen molar-refractivity contribution < 1.29 is 0 Å². The van der Waals surface area contributed by atoms with Gasteiger partial charge in [0.2, 0.25) is 0 Å². The van der Waals surface area contributed by atoms with Crippen LogP contribution in [0.2, 0.25) is 0 Å². The van der Waals surface area contributed by atoms with Crippen LogP contribution in [0.5, 0.6) is 0 Å². The van der Waals surface area contributed by atoms with E-state index in [1.165, 1.54) is 34.4 Å². The average molecular weight is 302 g/mol. The lowest BCUT2D eigenvalue weighted by Crippen LogP contribution is -2.20. The number of nitrogens with one attached hydrogen (secondary N) is 1. The molecule has 0 aliphatic rings. The van der Waals surface area contributed by atoms with Crippen LogP contribution in [0.3, 0.4) is 0 Å². The second-order valence-electron chi connectivity index (χ2n) is 3.99. The third-order valence-electron chi connectivity index (χ3n) is 2.59. The predicted molar refractivity (Wildman–Crippen MR) is 77.2 cm³/mol. The Balaban J connectivity index is 2.12. The van der Waals surface area contributed by atoms with E-state index in [1.54, 1.807) is 0 Å². The topological polar surface area (TPSA) is 12.0 Å². The zero-order chi connectivity index (χ0) is 11.8. The fourth-order valence-electron chi connectivity index (χ4n) is 1.44. The lowest BCUT2D eigenvalue weighted by atomic mass is 10.1. The summed E-state index contributed by atoms with van der Waals surface area (Å²) in [5.74, 6) is 1.22. The first-order chi connectivity index (χ1) is 7.72. The molecule has 0 aromatic heterocycles. The van der Waals surface area contributed by atoms with Crippen LogP contribution in [-0.2, 0) is 0 Å². The van der Waals surface area contributed by atoms with Crippen molar-refractivity contribution >= 4 is 27.7 Å². The van der Waals surface area contributed by atoms with Crippen molar-refractivity contribution in [1.29, 1.82) is 0 Å². The number of hydrogen-bond donors (Lipinski definition) is 1. The van der Waals surface area contributed by atoms with E-state index >= 15 is 0 Å². The van der Waals surface area contributed by atoms with Gasteiger partial charge in [0.15, 0.2) is 0 Å². The molecule has 0 heterocycles. The number of rotatable bonds is 7. The highest BCUT2D eigenvalue weighted by molar-refractivity contribution is 9.10. The number of halogens is 1. The number of hydrogen-bond acceptors (Lipinski definition) is 2. The molecule has 16 heavy (non-hydrogen) atoms. The molecule has 0 fully saturated rings. The largest absolute Gasteiger partial charge is 0.317 e. The first-order valence-corrected chi connectivity index (χ1v) is 7.56. The van der Waals surface area contributed by atoms with Crippen LogP contribution in [0.15, 0.2) is 33.6 Å². The zero-order valence-electron chi connectivity index (χ0n) is 10.0. The van der Waals surface area contributed by atoms with Crippen molar-refractivity contribution in [2.45, 2.75) is 37.1 Å². The van der Waals surface area contributed by atoms with Crippen LogP contribution in [0.25, 0.3) is 0 Å². The summed E-state index contributed by atoms with van der Waals surface area (Å²) in [7, 11) is 2.03. The van der Waals surface area contributed by atoms with E-state index < -0.39 is 0 Å². The van der Waals surface area contributed by atoms with Gasteiger partial charge >= 0.3 is 0 Å². The maximum absolute atomic E-state index is 3.49. The van der Waals surface area contributed by atoms with E-state index in [0.29, 0.717) is 6.04 Å². The van der Waals surface area contributed by atoms with Crippen LogP contribution < -0.4 is 5.32 Å². The maximum Gasteiger partial charge on any atom is 0.0186 e. The fourth-order valence-corrected chi connectivity index (χ4v) is 2.96. The monoisotopic (exact) mass is 301 g/mol. The van der Waals surface area contributed by atoms with Gasteiger partial charge in [0.05, 0.1) is 0 Å². The molecule has 0 amide bonds. The molecule has 90 valence electrons. The second-order valence-corrected chi connectivity index (χ2v) is 6.08. The van der Waals surface area contributed by atoms with Crippen molar-refractivity contribution in [2.24, 2.45) is 0 Å². The van der Waals surface area contributed by atoms with Gasteiger partial charge in [0, 0.05) is 15.4 Å². The summed E-state index contributed by atoms with van der Waals surface area (Å²) in [5, 5.41) is 3.27. The summed E-state index contributed by atoms with van der Waals surface area (Å²) < 4.78 is 1.17. The molecule has 0 aliphatic carbocycles. The van der Waals surface area contributed by atoms with Crippen molar-refractivity contribution in [3.63, 3.8) is 0 Å². The fraction of sp³-hybridized carbons (Fsp3) is 0.538. The van der Waals surface area contributed by atoms with E-state index in [0.717, 1.165) is 0 Å². The highest BCUT2D eigenvalue weighted by Crippen LogP contribution is 2.23. The van der Waals surface area contributed by atoms with Crippen LogP contribution in [0.4, 0.5) is 0 Å². The Kier molecular flexibility index (Phi) is 7.17. The summed E-state index contributed by atoms with van der Waals surface area (Å²) >= 11 is 5.44. The third-order valence-corrected chi connectivity index (χ3v) is 4.16. The van der Waals surface area contributed by atoms with Gasteiger partial charge in [0.1, 0.15) is 0 Å². The van der Waals surface area contributed by atoms with E-state index in [4.69, 9.17) is 0 Å². The summed E-state index contributed by atoms with van der Waals surface area (Å²) in [4.78, 5) is 1.36. The van der Waals surface area contributed by atoms with Crippen molar-refractivity contribution in [2.75, 3.05) is 12.8 Å². The molecular formula is C13H20BrNS. The minimum Gasteiger partial charge on any atom is -0.317 e. The van der Waals surface area contributed by atoms with Gasteiger partial charge in [-0.05, 0) is 50.8 Å². The Morgan fingerprint density at radius 1 is 1.38 bits per heavy atom. The molecule has 1 aromatic rings. The molecule has 0 radical (unpaired) electrons. The van der Waals surface area contributed by atoms with Crippen LogP contribution >= 0.6 is 27.7 Å². The highest BCUT2D eigenvalue weighted by Gasteiger charge is 1.98.